The third-order valence-corrected chi connectivity index (χ3v) is 2.38. The third-order valence-electron chi connectivity index (χ3n) is 2.38. The van der Waals surface area contributed by atoms with Crippen molar-refractivity contribution in [1.29, 1.82) is 0 Å². The van der Waals surface area contributed by atoms with Crippen LogP contribution in [0.5, 0.6) is 0 Å². The van der Waals surface area contributed by atoms with E-state index in [0.29, 0.717) is 6.04 Å². The molecule has 1 saturated heterocycles. The molecule has 2 atom stereocenters. The molecule has 2 N–H and O–H groups in total. The van der Waals surface area contributed by atoms with Gasteiger partial charge in [-0.1, -0.05) is 12.2 Å². The molecule has 0 radical (unpaired) electrons. The first kappa shape index (κ1) is 9.75. The molecule has 2 nitrogen and oxygen atoms in total. The Balaban J connectivity index is 2.14. The Labute approximate surface area is 74.7 Å². The van der Waals surface area contributed by atoms with Crippen LogP contribution in [0.2, 0.25) is 0 Å². The Morgan fingerprint density at radius 2 is 2.42 bits per heavy atom. The lowest BCUT2D eigenvalue weighted by atomic mass is 9.98. The van der Waals surface area contributed by atoms with E-state index in [1.807, 2.05) is 6.92 Å². The fourth-order valence-corrected chi connectivity index (χ4v) is 1.67. The van der Waals surface area contributed by atoms with Gasteiger partial charge in [-0.15, -0.1) is 0 Å². The van der Waals surface area contributed by atoms with E-state index >= 15 is 0 Å². The fraction of sp³-hybridized carbons (Fsp3) is 0.800. The van der Waals surface area contributed by atoms with Gasteiger partial charge < -0.3 is 10.4 Å². The van der Waals surface area contributed by atoms with Gasteiger partial charge in [0.25, 0.3) is 0 Å². The molecular weight excluding hydrogens is 150 g/mol. The molecule has 1 aliphatic heterocycles. The molecule has 1 heterocycles. The Bertz CT molecular complexity index is 145. The second-order valence-electron chi connectivity index (χ2n) is 3.48. The van der Waals surface area contributed by atoms with Crippen LogP contribution in [0.1, 0.15) is 32.6 Å². The summed E-state index contributed by atoms with van der Waals surface area (Å²) in [5.41, 5.74) is 0. The molecule has 0 aromatic heterocycles. The third kappa shape index (κ3) is 3.37. The van der Waals surface area contributed by atoms with Crippen molar-refractivity contribution in [1.82, 2.24) is 5.32 Å². The van der Waals surface area contributed by atoms with Crippen molar-refractivity contribution >= 4 is 0 Å². The molecule has 0 aromatic rings. The van der Waals surface area contributed by atoms with Gasteiger partial charge in [-0.3, -0.25) is 0 Å². The summed E-state index contributed by atoms with van der Waals surface area (Å²) in [6.45, 7) is 3.02. The van der Waals surface area contributed by atoms with Gasteiger partial charge in [0.2, 0.25) is 0 Å². The summed E-state index contributed by atoms with van der Waals surface area (Å²) in [7, 11) is 0. The highest BCUT2D eigenvalue weighted by Gasteiger charge is 2.18. The number of nitrogens with one attached hydrogen (secondary N) is 1. The van der Waals surface area contributed by atoms with E-state index in [1.54, 1.807) is 0 Å². The summed E-state index contributed by atoms with van der Waals surface area (Å²) in [5.74, 6) is 0. The number of hydrogen-bond acceptors (Lipinski definition) is 2. The van der Waals surface area contributed by atoms with Gasteiger partial charge in [-0.25, -0.2) is 0 Å². The summed E-state index contributed by atoms with van der Waals surface area (Å²) in [6, 6.07) is 0.532. The zero-order valence-electron chi connectivity index (χ0n) is 7.79. The summed E-state index contributed by atoms with van der Waals surface area (Å²) in [6.07, 6.45) is 8.32. The number of aliphatic hydroxyl groups is 1. The predicted octanol–water partition coefficient (Wildman–Crippen LogP) is 1.46. The molecule has 0 bridgehead atoms. The van der Waals surface area contributed by atoms with Gasteiger partial charge >= 0.3 is 0 Å². The van der Waals surface area contributed by atoms with Crippen LogP contribution >= 0.6 is 0 Å². The molecule has 0 aromatic carbocycles. The van der Waals surface area contributed by atoms with E-state index < -0.39 is 0 Å². The zero-order valence-corrected chi connectivity index (χ0v) is 7.79. The Kier molecular flexibility index (Phi) is 4.33. The average molecular weight is 169 g/mol. The maximum Gasteiger partial charge on any atom is 0.0567 e. The maximum absolute atomic E-state index is 9.38. The van der Waals surface area contributed by atoms with E-state index in [0.717, 1.165) is 32.2 Å². The van der Waals surface area contributed by atoms with Gasteiger partial charge in [-0.05, 0) is 39.2 Å². The van der Waals surface area contributed by atoms with Crippen LogP contribution in [0.25, 0.3) is 0 Å². The lowest BCUT2D eigenvalue weighted by molar-refractivity contribution is 0.114. The normalized spacial score (nSPS) is 31.2. The molecule has 0 aliphatic carbocycles. The summed E-state index contributed by atoms with van der Waals surface area (Å²) in [4.78, 5) is 0. The number of hydrogen-bond donors (Lipinski definition) is 2. The molecule has 0 unspecified atom stereocenters. The monoisotopic (exact) mass is 169 g/mol. The molecule has 1 rings (SSSR count). The number of piperidine rings is 1. The Hall–Kier alpha value is -0.340. The molecule has 0 saturated carbocycles. The first-order valence-corrected chi connectivity index (χ1v) is 4.85. The molecule has 0 amide bonds. The molecule has 12 heavy (non-hydrogen) atoms. The summed E-state index contributed by atoms with van der Waals surface area (Å²) in [5, 5.41) is 12.8. The van der Waals surface area contributed by atoms with Gasteiger partial charge in [0.15, 0.2) is 0 Å². The molecule has 2 heteroatoms. The number of allylic oxidation sites excluding steroid dienone is 2. The maximum atomic E-state index is 9.38. The molecular formula is C10H19NO. The fourth-order valence-electron chi connectivity index (χ4n) is 1.67. The lowest BCUT2D eigenvalue weighted by Gasteiger charge is -2.26. The van der Waals surface area contributed by atoms with Crippen molar-refractivity contribution in [3.05, 3.63) is 12.2 Å². The minimum atomic E-state index is -0.0677. The van der Waals surface area contributed by atoms with Crippen LogP contribution < -0.4 is 5.32 Å². The highest BCUT2D eigenvalue weighted by molar-refractivity contribution is 4.83. The van der Waals surface area contributed by atoms with Crippen LogP contribution in [-0.4, -0.2) is 23.8 Å². The van der Waals surface area contributed by atoms with E-state index in [1.165, 1.54) is 0 Å². The van der Waals surface area contributed by atoms with Crippen LogP contribution in [0.4, 0.5) is 0 Å². The van der Waals surface area contributed by atoms with Crippen molar-refractivity contribution in [2.75, 3.05) is 6.54 Å². The highest BCUT2D eigenvalue weighted by atomic mass is 16.3. The first-order valence-electron chi connectivity index (χ1n) is 4.85. The minimum absolute atomic E-state index is 0.0677. The zero-order chi connectivity index (χ0) is 8.81. The van der Waals surface area contributed by atoms with Crippen molar-refractivity contribution < 1.29 is 5.11 Å². The van der Waals surface area contributed by atoms with Crippen molar-refractivity contribution in [3.8, 4) is 0 Å². The van der Waals surface area contributed by atoms with Crippen molar-refractivity contribution in [2.24, 2.45) is 0 Å². The minimum Gasteiger partial charge on any atom is -0.393 e. The second-order valence-corrected chi connectivity index (χ2v) is 3.48. The Morgan fingerprint density at radius 3 is 3.08 bits per heavy atom. The molecule has 0 spiro atoms. The summed E-state index contributed by atoms with van der Waals surface area (Å²) >= 11 is 0. The van der Waals surface area contributed by atoms with Gasteiger partial charge in [0.1, 0.15) is 0 Å². The first-order chi connectivity index (χ1) is 5.83. The number of aliphatic hydroxyl groups excluding tert-OH is 1. The largest absolute Gasteiger partial charge is 0.393 e. The van der Waals surface area contributed by atoms with Crippen molar-refractivity contribution in [2.45, 2.75) is 44.8 Å². The van der Waals surface area contributed by atoms with Gasteiger partial charge in [0, 0.05) is 6.04 Å². The van der Waals surface area contributed by atoms with Crippen molar-refractivity contribution in [3.63, 3.8) is 0 Å². The van der Waals surface area contributed by atoms with E-state index in [-0.39, 0.29) is 6.10 Å². The standard InChI is InChI=1S/C10H19NO/c1-2-3-4-5-9-8-10(12)6-7-11-9/h2-3,9-12H,4-8H2,1H3/b3-2+/t9-,10-/m0/s1. The average Bonchev–Trinajstić information content (AvgIpc) is 2.05. The van der Waals surface area contributed by atoms with Crippen LogP contribution in [-0.2, 0) is 0 Å². The predicted molar refractivity (Wildman–Crippen MR) is 51.1 cm³/mol. The lowest BCUT2D eigenvalue weighted by Crippen LogP contribution is -2.40. The molecule has 1 aliphatic rings. The van der Waals surface area contributed by atoms with Crippen LogP contribution in [0.3, 0.4) is 0 Å². The number of rotatable bonds is 3. The second kappa shape index (κ2) is 5.33. The topological polar surface area (TPSA) is 32.3 Å². The van der Waals surface area contributed by atoms with Crippen LogP contribution in [0, 0.1) is 0 Å². The molecule has 70 valence electrons. The van der Waals surface area contributed by atoms with Gasteiger partial charge in [-0.2, -0.15) is 0 Å². The summed E-state index contributed by atoms with van der Waals surface area (Å²) < 4.78 is 0. The highest BCUT2D eigenvalue weighted by Crippen LogP contribution is 2.12. The smallest absolute Gasteiger partial charge is 0.0567 e. The van der Waals surface area contributed by atoms with E-state index in [4.69, 9.17) is 0 Å². The van der Waals surface area contributed by atoms with E-state index in [2.05, 4.69) is 17.5 Å². The SMILES string of the molecule is C/C=C/CC[C@H]1C[C@@H](O)CCN1. The Morgan fingerprint density at radius 1 is 1.58 bits per heavy atom. The van der Waals surface area contributed by atoms with Crippen LogP contribution in [0.15, 0.2) is 12.2 Å². The van der Waals surface area contributed by atoms with E-state index in [9.17, 15) is 5.11 Å². The molecule has 1 fully saturated rings. The van der Waals surface area contributed by atoms with Gasteiger partial charge in [0.05, 0.1) is 6.10 Å². The quantitative estimate of drug-likeness (QED) is 0.627.